The molecule has 0 radical (unpaired) electrons. The third-order valence-corrected chi connectivity index (χ3v) is 11.9. The summed E-state index contributed by atoms with van der Waals surface area (Å²) in [5, 5.41) is 7.62. The molecule has 0 aliphatic carbocycles. The van der Waals surface area contributed by atoms with Crippen molar-refractivity contribution in [3.05, 3.63) is 152 Å². The number of fused-ring (bicyclic) bond motifs is 13. The largest absolute Gasteiger partial charge is 0.453 e. The highest BCUT2D eigenvalue weighted by Gasteiger charge is 2.48. The molecule has 226 valence electrons. The topological polar surface area (TPSA) is 15.7 Å². The monoisotopic (exact) mass is 640 g/mol. The second-order valence-corrected chi connectivity index (χ2v) is 14.3. The molecule has 12 rings (SSSR count). The lowest BCUT2D eigenvalue weighted by Gasteiger charge is -2.47. The third-order valence-electron chi connectivity index (χ3n) is 10.8. The van der Waals surface area contributed by atoms with E-state index in [-0.39, 0.29) is 6.85 Å². The van der Waals surface area contributed by atoms with Gasteiger partial charge in [0.1, 0.15) is 0 Å². The van der Waals surface area contributed by atoms with Gasteiger partial charge in [-0.3, -0.25) is 0 Å². The Morgan fingerprint density at radius 3 is 2.20 bits per heavy atom. The highest BCUT2D eigenvalue weighted by Crippen LogP contribution is 2.56. The summed E-state index contributed by atoms with van der Waals surface area (Å²) in [6.07, 6.45) is 0. The number of nitrogens with zero attached hydrogens (tertiary/aromatic N) is 2. The van der Waals surface area contributed by atoms with E-state index in [4.69, 9.17) is 4.74 Å². The van der Waals surface area contributed by atoms with Crippen molar-refractivity contribution in [1.82, 2.24) is 0 Å². The van der Waals surface area contributed by atoms with Gasteiger partial charge < -0.3 is 14.4 Å². The zero-order chi connectivity index (χ0) is 31.8. The highest BCUT2D eigenvalue weighted by atomic mass is 32.1. The van der Waals surface area contributed by atoms with Crippen LogP contribution in [0, 0.1) is 0 Å². The van der Waals surface area contributed by atoms with E-state index in [2.05, 4.69) is 161 Å². The van der Waals surface area contributed by atoms with Crippen LogP contribution in [-0.2, 0) is 0 Å². The Morgan fingerprint density at radius 1 is 0.510 bits per heavy atom. The predicted molar refractivity (Wildman–Crippen MR) is 208 cm³/mol. The van der Waals surface area contributed by atoms with Gasteiger partial charge in [0.05, 0.1) is 11.4 Å². The van der Waals surface area contributed by atoms with Gasteiger partial charge in [-0.25, -0.2) is 0 Å². The zero-order valence-corrected chi connectivity index (χ0v) is 27.0. The fourth-order valence-corrected chi connectivity index (χ4v) is 9.90. The van der Waals surface area contributed by atoms with Crippen LogP contribution in [-0.4, -0.2) is 6.85 Å². The molecule has 0 fully saturated rings. The molecule has 0 spiro atoms. The van der Waals surface area contributed by atoms with Crippen molar-refractivity contribution < 1.29 is 4.74 Å². The summed E-state index contributed by atoms with van der Waals surface area (Å²) in [5.41, 5.74) is 11.0. The predicted octanol–water partition coefficient (Wildman–Crippen LogP) is 11.2. The van der Waals surface area contributed by atoms with Crippen molar-refractivity contribution in [1.29, 1.82) is 0 Å². The molecule has 49 heavy (non-hydrogen) atoms. The lowest BCUT2D eigenvalue weighted by atomic mass is 9.43. The maximum atomic E-state index is 6.69. The molecular formula is C44H25BN2OS. The van der Waals surface area contributed by atoms with Crippen molar-refractivity contribution in [3.63, 3.8) is 0 Å². The zero-order valence-electron chi connectivity index (χ0n) is 26.2. The number of ether oxygens (including phenoxy) is 1. The van der Waals surface area contributed by atoms with Gasteiger partial charge in [0.15, 0.2) is 11.5 Å². The Morgan fingerprint density at radius 2 is 1.27 bits per heavy atom. The normalized spacial score (nSPS) is 13.8. The summed E-state index contributed by atoms with van der Waals surface area (Å²) in [7, 11) is 0. The van der Waals surface area contributed by atoms with E-state index in [0.29, 0.717) is 0 Å². The van der Waals surface area contributed by atoms with Gasteiger partial charge in [0, 0.05) is 48.2 Å². The van der Waals surface area contributed by atoms with Crippen LogP contribution in [0.15, 0.2) is 152 Å². The van der Waals surface area contributed by atoms with Crippen LogP contribution in [0.4, 0.5) is 28.4 Å². The summed E-state index contributed by atoms with van der Waals surface area (Å²) >= 11 is 1.87. The number of anilines is 5. The molecule has 5 heteroatoms. The van der Waals surface area contributed by atoms with Gasteiger partial charge >= 0.3 is 6.85 Å². The van der Waals surface area contributed by atoms with Gasteiger partial charge in [0.2, 0.25) is 0 Å². The number of para-hydroxylation sites is 3. The van der Waals surface area contributed by atoms with Crippen LogP contribution in [0.5, 0.6) is 11.5 Å². The molecule has 1 aromatic heterocycles. The molecule has 0 saturated carbocycles. The highest BCUT2D eigenvalue weighted by molar-refractivity contribution is 7.25. The summed E-state index contributed by atoms with van der Waals surface area (Å²) in [6.45, 7) is -0.0877. The standard InChI is InChI=1S/C44H25BN2OS/c1-4-13-30-26(10-1)20-22-32-41-29-12-3-2-11-27(29)24-36-42(41)45(34-15-9-18-38-44(34)46(36)35-16-6-7-17-37(35)48-38)47(43(30)32)28-21-23-40-33(25-28)31-14-5-8-19-39(31)49-40/h1-25H. The molecule has 0 bridgehead atoms. The first-order chi connectivity index (χ1) is 24.3. The number of hydrogen-bond acceptors (Lipinski definition) is 4. The summed E-state index contributed by atoms with van der Waals surface area (Å²) < 4.78 is 9.31. The summed E-state index contributed by atoms with van der Waals surface area (Å²) in [6, 6.07) is 55.8. The van der Waals surface area contributed by atoms with Gasteiger partial charge in [-0.05, 0) is 81.2 Å². The second kappa shape index (κ2) is 9.31. The third kappa shape index (κ3) is 3.33. The van der Waals surface area contributed by atoms with Crippen LogP contribution in [0.2, 0.25) is 0 Å². The van der Waals surface area contributed by atoms with Crippen LogP contribution in [0.3, 0.4) is 0 Å². The second-order valence-electron chi connectivity index (χ2n) is 13.2. The molecule has 0 amide bonds. The maximum Gasteiger partial charge on any atom is 0.333 e. The fourth-order valence-electron chi connectivity index (χ4n) is 8.81. The van der Waals surface area contributed by atoms with E-state index in [9.17, 15) is 0 Å². The molecule has 3 nitrogen and oxygen atoms in total. The fraction of sp³-hybridized carbons (Fsp3) is 0. The lowest BCUT2D eigenvalue weighted by Crippen LogP contribution is -2.62. The summed E-state index contributed by atoms with van der Waals surface area (Å²) in [4.78, 5) is 5.10. The Labute approximate surface area is 286 Å². The van der Waals surface area contributed by atoms with Crippen LogP contribution in [0.1, 0.15) is 0 Å². The molecule has 3 aliphatic heterocycles. The van der Waals surface area contributed by atoms with Crippen molar-refractivity contribution in [2.24, 2.45) is 0 Å². The minimum atomic E-state index is -0.0877. The quantitative estimate of drug-likeness (QED) is 0.166. The average molecular weight is 641 g/mol. The Kier molecular flexibility index (Phi) is 4.94. The molecule has 4 heterocycles. The van der Waals surface area contributed by atoms with E-state index >= 15 is 0 Å². The molecule has 0 atom stereocenters. The lowest BCUT2D eigenvalue weighted by molar-refractivity contribution is 0.477. The number of hydrogen-bond donors (Lipinski definition) is 0. The number of thiophene rings is 1. The minimum absolute atomic E-state index is 0.0877. The maximum absolute atomic E-state index is 6.69. The Hall–Kier alpha value is -6.04. The van der Waals surface area contributed by atoms with Crippen LogP contribution >= 0.6 is 11.3 Å². The first-order valence-electron chi connectivity index (χ1n) is 16.8. The molecular weight excluding hydrogens is 615 g/mol. The first-order valence-corrected chi connectivity index (χ1v) is 17.6. The smallest absolute Gasteiger partial charge is 0.333 e. The van der Waals surface area contributed by atoms with Crippen LogP contribution in [0.25, 0.3) is 52.8 Å². The molecule has 3 aliphatic rings. The van der Waals surface area contributed by atoms with E-state index in [1.807, 2.05) is 11.3 Å². The summed E-state index contributed by atoms with van der Waals surface area (Å²) in [5.74, 6) is 1.76. The van der Waals surface area contributed by atoms with Crippen molar-refractivity contribution in [3.8, 4) is 22.6 Å². The SMILES string of the molecule is c1ccc2c(c1)Oc1cccc3c1N2c1cc2ccccc2c2c1B3N(c1ccc3sc4ccccc4c3c1)c1c-2ccc2ccccc12. The van der Waals surface area contributed by atoms with Gasteiger partial charge in [-0.15, -0.1) is 11.3 Å². The molecule has 8 aromatic carbocycles. The van der Waals surface area contributed by atoms with Crippen molar-refractivity contribution >= 4 is 99.3 Å². The number of benzene rings is 8. The first kappa shape index (κ1) is 26.0. The van der Waals surface area contributed by atoms with E-state index < -0.39 is 0 Å². The van der Waals surface area contributed by atoms with Crippen LogP contribution < -0.4 is 25.4 Å². The van der Waals surface area contributed by atoms with Gasteiger partial charge in [-0.1, -0.05) is 103 Å². The van der Waals surface area contributed by atoms with E-state index in [0.717, 1.165) is 22.9 Å². The molecule has 0 unspecified atom stereocenters. The molecule has 9 aromatic rings. The molecule has 0 N–H and O–H groups in total. The number of rotatable bonds is 1. The van der Waals surface area contributed by atoms with Crippen molar-refractivity contribution in [2.75, 3.05) is 9.71 Å². The van der Waals surface area contributed by atoms with E-state index in [1.165, 1.54) is 80.8 Å². The minimum Gasteiger partial charge on any atom is -0.453 e. The van der Waals surface area contributed by atoms with Gasteiger partial charge in [-0.2, -0.15) is 0 Å². The van der Waals surface area contributed by atoms with E-state index in [1.54, 1.807) is 0 Å². The molecule has 0 saturated heterocycles. The average Bonchev–Trinajstić information content (AvgIpc) is 3.53. The Balaban J connectivity index is 1.27. The van der Waals surface area contributed by atoms with Crippen molar-refractivity contribution in [2.45, 2.75) is 0 Å². The van der Waals surface area contributed by atoms with Gasteiger partial charge in [0.25, 0.3) is 0 Å². The Bertz CT molecular complexity index is 2910.